The smallest absolute Gasteiger partial charge is 0.380 e. The maximum absolute atomic E-state index is 14.0. The van der Waals surface area contributed by atoms with Gasteiger partial charge < -0.3 is 15.0 Å². The highest BCUT2D eigenvalue weighted by Crippen LogP contribution is 2.36. The SMILES string of the molecule is CCN(CC)C[C@H]1COCCN1CC[C@H](CSc1ccccc1)Nc1ccc(S(=O)(=O)NC(=O)c2ccccc2)cc1S(=O)(=O)C(F)(F)F. The molecule has 1 amide bonds. The number of nitrogens with one attached hydrogen (secondary N) is 2. The summed E-state index contributed by atoms with van der Waals surface area (Å²) < 4.78 is 102. The zero-order chi connectivity index (χ0) is 35.7. The molecule has 3 aromatic carbocycles. The summed E-state index contributed by atoms with van der Waals surface area (Å²) in [6, 6.07) is 18.7. The predicted octanol–water partition coefficient (Wildman–Crippen LogP) is 5.10. The number of carbonyl (C=O) groups is 1. The van der Waals surface area contributed by atoms with Crippen molar-refractivity contribution in [3.63, 3.8) is 0 Å². The molecule has 2 atom stereocenters. The monoisotopic (exact) mass is 742 g/mol. The van der Waals surface area contributed by atoms with E-state index in [2.05, 4.69) is 29.0 Å². The zero-order valence-electron chi connectivity index (χ0n) is 27.2. The van der Waals surface area contributed by atoms with Crippen molar-refractivity contribution >= 4 is 43.2 Å². The van der Waals surface area contributed by atoms with Crippen molar-refractivity contribution in [1.82, 2.24) is 14.5 Å². The van der Waals surface area contributed by atoms with Gasteiger partial charge in [0.2, 0.25) is 0 Å². The van der Waals surface area contributed by atoms with Gasteiger partial charge in [-0.2, -0.15) is 13.2 Å². The molecule has 1 saturated heterocycles. The van der Waals surface area contributed by atoms with Crippen molar-refractivity contribution in [3.8, 4) is 0 Å². The number of ether oxygens (including phenoxy) is 1. The van der Waals surface area contributed by atoms with Crippen LogP contribution in [0.25, 0.3) is 0 Å². The Bertz CT molecular complexity index is 1740. The molecule has 16 heteroatoms. The molecule has 0 radical (unpaired) electrons. The van der Waals surface area contributed by atoms with Gasteiger partial charge in [-0.1, -0.05) is 50.2 Å². The van der Waals surface area contributed by atoms with Crippen molar-refractivity contribution < 1.29 is 39.5 Å². The number of sulfonamides is 1. The Kier molecular flexibility index (Phi) is 13.6. The molecule has 1 heterocycles. The van der Waals surface area contributed by atoms with Gasteiger partial charge in [-0.05, 0) is 62.0 Å². The van der Waals surface area contributed by atoms with Crippen LogP contribution >= 0.6 is 11.8 Å². The fourth-order valence-electron chi connectivity index (χ4n) is 5.35. The second-order valence-electron chi connectivity index (χ2n) is 11.4. The first-order valence-corrected chi connectivity index (χ1v) is 19.8. The standard InChI is InChI=1S/C33H41F3N4O6S3/c1-3-39(4-2)22-27-23-46-20-19-40(27)18-17-26(24-47-28-13-9-6-10-14-28)37-30-16-15-29(21-31(30)48(42,43)33(34,35)36)49(44,45)38-32(41)25-11-7-5-8-12-25/h5-16,21,26-27,37H,3-4,17-20,22-24H2,1-2H3,(H,38,41)/t26-,27+/m1/s1. The molecule has 0 aromatic heterocycles. The lowest BCUT2D eigenvalue weighted by molar-refractivity contribution is -0.0435. The highest BCUT2D eigenvalue weighted by Gasteiger charge is 2.48. The maximum atomic E-state index is 14.0. The number of halogens is 3. The minimum Gasteiger partial charge on any atom is -0.380 e. The number of carbonyl (C=O) groups excluding carboxylic acids is 1. The predicted molar refractivity (Wildman–Crippen MR) is 184 cm³/mol. The van der Waals surface area contributed by atoms with Crippen LogP contribution in [0.15, 0.2) is 93.5 Å². The van der Waals surface area contributed by atoms with Crippen LogP contribution in [0.5, 0.6) is 0 Å². The average molecular weight is 743 g/mol. The first-order valence-electron chi connectivity index (χ1n) is 15.8. The van der Waals surface area contributed by atoms with Crippen LogP contribution in [-0.2, 0) is 24.6 Å². The van der Waals surface area contributed by atoms with E-state index in [9.17, 15) is 34.8 Å². The molecule has 0 spiro atoms. The quantitative estimate of drug-likeness (QED) is 0.192. The van der Waals surface area contributed by atoms with Crippen molar-refractivity contribution in [1.29, 1.82) is 0 Å². The Hall–Kier alpha value is -3.15. The Labute approximate surface area is 290 Å². The Morgan fingerprint density at radius 3 is 2.29 bits per heavy atom. The maximum Gasteiger partial charge on any atom is 0.501 e. The summed E-state index contributed by atoms with van der Waals surface area (Å²) in [5.41, 5.74) is -6.13. The number of amides is 1. The van der Waals surface area contributed by atoms with Gasteiger partial charge in [-0.15, -0.1) is 11.8 Å². The van der Waals surface area contributed by atoms with Crippen LogP contribution in [0.3, 0.4) is 0 Å². The summed E-state index contributed by atoms with van der Waals surface area (Å²) in [7, 11) is -10.8. The van der Waals surface area contributed by atoms with Gasteiger partial charge in [0.15, 0.2) is 0 Å². The van der Waals surface area contributed by atoms with E-state index in [0.717, 1.165) is 36.7 Å². The van der Waals surface area contributed by atoms with Crippen molar-refractivity contribution in [2.45, 2.75) is 52.5 Å². The lowest BCUT2D eigenvalue weighted by Gasteiger charge is -2.39. The van der Waals surface area contributed by atoms with E-state index in [1.165, 1.54) is 36.0 Å². The first-order chi connectivity index (χ1) is 23.2. The molecule has 0 bridgehead atoms. The van der Waals surface area contributed by atoms with Crippen LogP contribution in [0.4, 0.5) is 18.9 Å². The molecule has 0 unspecified atom stereocenters. The molecule has 2 N–H and O–H groups in total. The summed E-state index contributed by atoms with van der Waals surface area (Å²) >= 11 is 1.46. The fourth-order valence-corrected chi connectivity index (χ4v) is 8.37. The number of nitrogens with zero attached hydrogens (tertiary/aromatic N) is 2. The minimum atomic E-state index is -6.03. The molecule has 0 aliphatic carbocycles. The van der Waals surface area contributed by atoms with E-state index < -0.39 is 52.8 Å². The number of thioether (sulfide) groups is 1. The fraction of sp³-hybridized carbons (Fsp3) is 0.424. The second-order valence-corrected chi connectivity index (χ2v) is 16.1. The summed E-state index contributed by atoms with van der Waals surface area (Å²) in [4.78, 5) is 16.0. The second kappa shape index (κ2) is 17.2. The highest BCUT2D eigenvalue weighted by molar-refractivity contribution is 7.99. The molecule has 1 aliphatic heterocycles. The average Bonchev–Trinajstić information content (AvgIpc) is 3.09. The van der Waals surface area contributed by atoms with Gasteiger partial charge in [-0.3, -0.25) is 9.69 Å². The minimum absolute atomic E-state index is 0.00846. The van der Waals surface area contributed by atoms with Gasteiger partial charge >= 0.3 is 5.51 Å². The van der Waals surface area contributed by atoms with Gasteiger partial charge in [0.25, 0.3) is 25.8 Å². The first kappa shape index (κ1) is 38.6. The number of alkyl halides is 3. The number of sulfone groups is 1. The summed E-state index contributed by atoms with van der Waals surface area (Å²) in [5, 5.41) is 3.01. The molecular weight excluding hydrogens is 702 g/mol. The Morgan fingerprint density at radius 2 is 1.65 bits per heavy atom. The number of morpholine rings is 1. The summed E-state index contributed by atoms with van der Waals surface area (Å²) in [5.74, 6) is -0.656. The largest absolute Gasteiger partial charge is 0.501 e. The molecule has 10 nitrogen and oxygen atoms in total. The van der Waals surface area contributed by atoms with Crippen molar-refractivity contribution in [3.05, 3.63) is 84.4 Å². The van der Waals surface area contributed by atoms with Gasteiger partial charge in [-0.25, -0.2) is 21.6 Å². The topological polar surface area (TPSA) is 125 Å². The van der Waals surface area contributed by atoms with Crippen LogP contribution in [0, 0.1) is 0 Å². The van der Waals surface area contributed by atoms with E-state index in [4.69, 9.17) is 4.74 Å². The van der Waals surface area contributed by atoms with Gasteiger partial charge in [0.1, 0.15) is 4.90 Å². The van der Waals surface area contributed by atoms with Crippen LogP contribution < -0.4 is 10.0 Å². The molecule has 268 valence electrons. The molecule has 4 rings (SSSR count). The summed E-state index contributed by atoms with van der Waals surface area (Å²) in [6.45, 7) is 8.99. The van der Waals surface area contributed by atoms with Gasteiger partial charge in [0.05, 0.1) is 23.8 Å². The third kappa shape index (κ3) is 10.4. The van der Waals surface area contributed by atoms with E-state index in [-0.39, 0.29) is 11.6 Å². The van der Waals surface area contributed by atoms with Crippen LogP contribution in [-0.4, -0.2) is 102 Å². The molecule has 3 aromatic rings. The lowest BCUT2D eigenvalue weighted by Crippen LogP contribution is -2.52. The number of benzene rings is 3. The summed E-state index contributed by atoms with van der Waals surface area (Å²) in [6.07, 6.45) is 0.438. The number of hydrogen-bond acceptors (Lipinski definition) is 10. The number of hydrogen-bond donors (Lipinski definition) is 2. The molecule has 1 aliphatic rings. The van der Waals surface area contributed by atoms with E-state index in [1.54, 1.807) is 10.8 Å². The molecule has 49 heavy (non-hydrogen) atoms. The zero-order valence-corrected chi connectivity index (χ0v) is 29.7. The van der Waals surface area contributed by atoms with Gasteiger partial charge in [0, 0.05) is 47.9 Å². The highest BCUT2D eigenvalue weighted by atomic mass is 32.2. The Balaban J connectivity index is 1.65. The Morgan fingerprint density at radius 1 is 1.00 bits per heavy atom. The van der Waals surface area contributed by atoms with Crippen molar-refractivity contribution in [2.24, 2.45) is 0 Å². The van der Waals surface area contributed by atoms with Crippen LogP contribution in [0.2, 0.25) is 0 Å². The third-order valence-corrected chi connectivity index (χ3v) is 12.2. The lowest BCUT2D eigenvalue weighted by atomic mass is 10.1. The van der Waals surface area contributed by atoms with Crippen LogP contribution in [0.1, 0.15) is 30.6 Å². The van der Waals surface area contributed by atoms with E-state index >= 15 is 0 Å². The number of rotatable bonds is 16. The van der Waals surface area contributed by atoms with E-state index in [1.807, 2.05) is 30.3 Å². The number of anilines is 1. The molecular formula is C33H41F3N4O6S3. The normalized spacial score (nSPS) is 16.7. The van der Waals surface area contributed by atoms with E-state index in [0.29, 0.717) is 44.5 Å². The molecule has 0 saturated carbocycles. The molecule has 1 fully saturated rings. The number of likely N-dealkylation sites (N-methyl/N-ethyl adjacent to an activating group) is 1. The third-order valence-electron chi connectivity index (χ3n) is 8.15. The van der Waals surface area contributed by atoms with Crippen molar-refractivity contribution in [2.75, 3.05) is 57.0 Å².